The molecule has 1 aromatic heterocycles. The molecule has 0 saturated heterocycles. The monoisotopic (exact) mass is 289 g/mol. The fraction of sp³-hybridized carbons (Fsp3) is 0.333. The number of carbonyl (C=O) groups is 1. The Morgan fingerprint density at radius 2 is 2.15 bits per heavy atom. The molecule has 2 aromatic rings. The van der Waals surface area contributed by atoms with Gasteiger partial charge in [-0.25, -0.2) is 4.98 Å². The van der Waals surface area contributed by atoms with E-state index in [0.29, 0.717) is 11.6 Å². The van der Waals surface area contributed by atoms with Gasteiger partial charge in [-0.3, -0.25) is 4.79 Å². The third-order valence-corrected chi connectivity index (χ3v) is 3.77. The lowest BCUT2D eigenvalue weighted by Gasteiger charge is -2.09. The molecule has 1 atom stereocenters. The Bertz CT molecular complexity index is 553. The van der Waals surface area contributed by atoms with Crippen molar-refractivity contribution in [3.63, 3.8) is 0 Å². The largest absolute Gasteiger partial charge is 0.320 e. The molecule has 3 N–H and O–H groups in total. The minimum absolute atomic E-state index is 0.160. The number of carbonyl (C=O) groups excluding carboxylic acids is 1. The van der Waals surface area contributed by atoms with Crippen molar-refractivity contribution in [3.05, 3.63) is 35.7 Å². The molecule has 0 radical (unpaired) electrons. The van der Waals surface area contributed by atoms with Gasteiger partial charge in [0.2, 0.25) is 5.91 Å². The zero-order chi connectivity index (χ0) is 14.4. The molecule has 5 heteroatoms. The van der Waals surface area contributed by atoms with Crippen molar-refractivity contribution in [3.8, 4) is 11.3 Å². The minimum atomic E-state index is -0.459. The highest BCUT2D eigenvalue weighted by Crippen LogP contribution is 2.24. The first-order valence-electron chi connectivity index (χ1n) is 6.78. The van der Waals surface area contributed by atoms with Gasteiger partial charge < -0.3 is 11.1 Å². The lowest BCUT2D eigenvalue weighted by atomic mass is 10.1. The van der Waals surface area contributed by atoms with Crippen LogP contribution in [-0.2, 0) is 4.79 Å². The molecule has 0 saturated carbocycles. The molecular formula is C15H19N3OS. The van der Waals surface area contributed by atoms with Crippen molar-refractivity contribution < 1.29 is 4.79 Å². The standard InChI is InChI=1S/C15H19N3OS/c1-2-3-9-12(16)14(19)18-15-17-13(10-20-15)11-7-5-4-6-8-11/h4-8,10,12H,2-3,9,16H2,1H3,(H,17,18,19). The maximum Gasteiger partial charge on any atom is 0.243 e. The number of thiazole rings is 1. The molecule has 1 heterocycles. The van der Waals surface area contributed by atoms with Gasteiger partial charge in [0.25, 0.3) is 0 Å². The highest BCUT2D eigenvalue weighted by molar-refractivity contribution is 7.14. The number of benzene rings is 1. The summed E-state index contributed by atoms with van der Waals surface area (Å²) in [5, 5.41) is 5.32. The minimum Gasteiger partial charge on any atom is -0.320 e. The van der Waals surface area contributed by atoms with Crippen molar-refractivity contribution in [2.75, 3.05) is 5.32 Å². The first-order valence-corrected chi connectivity index (χ1v) is 7.66. The number of amides is 1. The molecule has 0 aliphatic rings. The summed E-state index contributed by atoms with van der Waals surface area (Å²) in [5.74, 6) is -0.160. The number of nitrogens with zero attached hydrogens (tertiary/aromatic N) is 1. The van der Waals surface area contributed by atoms with Crippen LogP contribution < -0.4 is 11.1 Å². The zero-order valence-corrected chi connectivity index (χ0v) is 12.3. The smallest absolute Gasteiger partial charge is 0.243 e. The Hall–Kier alpha value is -1.72. The number of hydrogen-bond donors (Lipinski definition) is 2. The Balaban J connectivity index is 1.98. The van der Waals surface area contributed by atoms with Gasteiger partial charge in [0.15, 0.2) is 5.13 Å². The van der Waals surface area contributed by atoms with Crippen LogP contribution in [-0.4, -0.2) is 16.9 Å². The summed E-state index contributed by atoms with van der Waals surface area (Å²) in [6, 6.07) is 9.42. The SMILES string of the molecule is CCCCC(N)C(=O)Nc1nc(-c2ccccc2)cs1. The maximum absolute atomic E-state index is 11.9. The zero-order valence-electron chi connectivity index (χ0n) is 11.5. The Morgan fingerprint density at radius 3 is 2.85 bits per heavy atom. The van der Waals surface area contributed by atoms with Gasteiger partial charge in [0.1, 0.15) is 0 Å². The van der Waals surface area contributed by atoms with E-state index in [1.54, 1.807) is 0 Å². The molecule has 106 valence electrons. The topological polar surface area (TPSA) is 68.0 Å². The van der Waals surface area contributed by atoms with Gasteiger partial charge in [-0.05, 0) is 6.42 Å². The number of unbranched alkanes of at least 4 members (excludes halogenated alkanes) is 1. The van der Waals surface area contributed by atoms with Crippen LogP contribution in [0.1, 0.15) is 26.2 Å². The van der Waals surface area contributed by atoms with E-state index in [1.165, 1.54) is 11.3 Å². The van der Waals surface area contributed by atoms with Crippen LogP contribution in [0.3, 0.4) is 0 Å². The molecule has 0 aliphatic carbocycles. The van der Waals surface area contributed by atoms with Crippen LogP contribution in [0, 0.1) is 0 Å². The van der Waals surface area contributed by atoms with Gasteiger partial charge in [-0.2, -0.15) is 0 Å². The van der Waals surface area contributed by atoms with Crippen molar-refractivity contribution in [1.82, 2.24) is 4.98 Å². The summed E-state index contributed by atoms with van der Waals surface area (Å²) in [4.78, 5) is 16.3. The van der Waals surface area contributed by atoms with Crippen LogP contribution >= 0.6 is 11.3 Å². The summed E-state index contributed by atoms with van der Waals surface area (Å²) in [7, 11) is 0. The summed E-state index contributed by atoms with van der Waals surface area (Å²) in [6.07, 6.45) is 2.71. The van der Waals surface area contributed by atoms with Gasteiger partial charge in [0.05, 0.1) is 11.7 Å². The quantitative estimate of drug-likeness (QED) is 0.857. The lowest BCUT2D eigenvalue weighted by molar-refractivity contribution is -0.117. The summed E-state index contributed by atoms with van der Waals surface area (Å²) >= 11 is 1.42. The fourth-order valence-corrected chi connectivity index (χ4v) is 2.55. The van der Waals surface area contributed by atoms with E-state index in [2.05, 4.69) is 17.2 Å². The van der Waals surface area contributed by atoms with E-state index < -0.39 is 6.04 Å². The predicted octanol–water partition coefficient (Wildman–Crippen LogP) is 3.27. The molecule has 1 aromatic carbocycles. The molecule has 1 amide bonds. The normalized spacial score (nSPS) is 12.1. The Kier molecular flexibility index (Phi) is 5.26. The van der Waals surface area contributed by atoms with Gasteiger partial charge in [-0.1, -0.05) is 50.1 Å². The third-order valence-electron chi connectivity index (χ3n) is 3.01. The predicted molar refractivity (Wildman–Crippen MR) is 83.7 cm³/mol. The van der Waals surface area contributed by atoms with Crippen LogP contribution in [0.25, 0.3) is 11.3 Å². The van der Waals surface area contributed by atoms with Crippen molar-refractivity contribution in [2.45, 2.75) is 32.2 Å². The molecule has 20 heavy (non-hydrogen) atoms. The number of hydrogen-bond acceptors (Lipinski definition) is 4. The molecule has 0 fully saturated rings. The van der Waals surface area contributed by atoms with Gasteiger partial charge >= 0.3 is 0 Å². The van der Waals surface area contributed by atoms with Gasteiger partial charge in [0, 0.05) is 10.9 Å². The van der Waals surface area contributed by atoms with E-state index in [1.807, 2.05) is 35.7 Å². The second kappa shape index (κ2) is 7.17. The lowest BCUT2D eigenvalue weighted by Crippen LogP contribution is -2.35. The summed E-state index contributed by atoms with van der Waals surface area (Å²) in [5.41, 5.74) is 7.74. The van der Waals surface area contributed by atoms with Crippen LogP contribution in [0.4, 0.5) is 5.13 Å². The number of rotatable bonds is 6. The van der Waals surface area contributed by atoms with Crippen LogP contribution in [0.5, 0.6) is 0 Å². The van der Waals surface area contributed by atoms with Crippen molar-refractivity contribution >= 4 is 22.4 Å². The number of nitrogens with two attached hydrogens (primary N) is 1. The highest BCUT2D eigenvalue weighted by atomic mass is 32.1. The Morgan fingerprint density at radius 1 is 1.40 bits per heavy atom. The molecule has 4 nitrogen and oxygen atoms in total. The maximum atomic E-state index is 11.9. The average Bonchev–Trinajstić information content (AvgIpc) is 2.94. The molecular weight excluding hydrogens is 270 g/mol. The number of aromatic nitrogens is 1. The fourth-order valence-electron chi connectivity index (χ4n) is 1.83. The number of nitrogens with one attached hydrogen (secondary N) is 1. The van der Waals surface area contributed by atoms with E-state index in [4.69, 9.17) is 5.73 Å². The second-order valence-corrected chi connectivity index (χ2v) is 5.50. The summed E-state index contributed by atoms with van der Waals surface area (Å²) < 4.78 is 0. The third kappa shape index (κ3) is 3.88. The van der Waals surface area contributed by atoms with Crippen LogP contribution in [0.2, 0.25) is 0 Å². The number of anilines is 1. The molecule has 1 unspecified atom stereocenters. The molecule has 0 aliphatic heterocycles. The van der Waals surface area contributed by atoms with E-state index >= 15 is 0 Å². The molecule has 0 bridgehead atoms. The van der Waals surface area contributed by atoms with E-state index in [-0.39, 0.29) is 5.91 Å². The van der Waals surface area contributed by atoms with Gasteiger partial charge in [-0.15, -0.1) is 11.3 Å². The second-order valence-electron chi connectivity index (χ2n) is 4.64. The van der Waals surface area contributed by atoms with Crippen molar-refractivity contribution in [2.24, 2.45) is 5.73 Å². The first kappa shape index (κ1) is 14.7. The van der Waals surface area contributed by atoms with E-state index in [9.17, 15) is 4.79 Å². The Labute approximate surface area is 123 Å². The van der Waals surface area contributed by atoms with Crippen LogP contribution in [0.15, 0.2) is 35.7 Å². The summed E-state index contributed by atoms with van der Waals surface area (Å²) in [6.45, 7) is 2.08. The first-order chi connectivity index (χ1) is 9.70. The highest BCUT2D eigenvalue weighted by Gasteiger charge is 2.14. The van der Waals surface area contributed by atoms with Crippen molar-refractivity contribution in [1.29, 1.82) is 0 Å². The molecule has 2 rings (SSSR count). The van der Waals surface area contributed by atoms with E-state index in [0.717, 1.165) is 24.1 Å². The average molecular weight is 289 g/mol. The molecule has 0 spiro atoms.